The highest BCUT2D eigenvalue weighted by atomic mass is 16.6. The fourth-order valence-corrected chi connectivity index (χ4v) is 2.78. The maximum atomic E-state index is 12.2. The smallest absolute Gasteiger partial charge is 0.350 e. The average molecular weight is 304 g/mol. The Bertz CT molecular complexity index is 929. The Morgan fingerprint density at radius 2 is 1.65 bits per heavy atom. The average Bonchev–Trinajstić information content (AvgIpc) is 2.58. The summed E-state index contributed by atoms with van der Waals surface area (Å²) in [6.45, 7) is 0.336. The first-order valence-corrected chi connectivity index (χ1v) is 7.23. The topological polar surface area (TPSA) is 52.6 Å². The van der Waals surface area contributed by atoms with Gasteiger partial charge in [-0.05, 0) is 23.1 Å². The van der Waals surface area contributed by atoms with Crippen LogP contribution in [0, 0.1) is 0 Å². The van der Waals surface area contributed by atoms with E-state index in [1.54, 1.807) is 18.2 Å². The first-order valence-electron chi connectivity index (χ1n) is 7.23. The van der Waals surface area contributed by atoms with Gasteiger partial charge in [0.2, 0.25) is 0 Å². The number of benzene rings is 3. The second-order valence-electron chi connectivity index (χ2n) is 5.29. The van der Waals surface area contributed by atoms with E-state index in [9.17, 15) is 9.59 Å². The van der Waals surface area contributed by atoms with Gasteiger partial charge in [-0.15, -0.1) is 0 Å². The van der Waals surface area contributed by atoms with Crippen LogP contribution in [0.4, 0.5) is 0 Å². The molecule has 0 saturated heterocycles. The molecule has 1 aliphatic heterocycles. The summed E-state index contributed by atoms with van der Waals surface area (Å²) in [5.74, 6) is -0.859. The van der Waals surface area contributed by atoms with E-state index in [1.807, 2.05) is 42.5 Å². The summed E-state index contributed by atoms with van der Waals surface area (Å²) in [6.07, 6.45) is 0. The minimum Gasteiger partial charge on any atom is -0.488 e. The standard InChI is InChI=1S/C19H12O4/c20-18-14-8-4-7-13-9-10-15(17(16(13)14)19(21)23-18)22-11-12-5-2-1-3-6-12/h1-10H,11H2. The molecule has 0 spiro atoms. The normalized spacial score (nSPS) is 13.0. The van der Waals surface area contributed by atoms with E-state index >= 15 is 0 Å². The van der Waals surface area contributed by atoms with Gasteiger partial charge in [-0.3, -0.25) is 0 Å². The molecule has 3 aromatic carbocycles. The lowest BCUT2D eigenvalue weighted by atomic mass is 9.96. The summed E-state index contributed by atoms with van der Waals surface area (Å²) in [5.41, 5.74) is 1.70. The van der Waals surface area contributed by atoms with Crippen LogP contribution < -0.4 is 4.74 Å². The van der Waals surface area contributed by atoms with Crippen LogP contribution in [0.3, 0.4) is 0 Å². The summed E-state index contributed by atoms with van der Waals surface area (Å²) in [6, 6.07) is 18.5. The fraction of sp³-hybridized carbons (Fsp3) is 0.0526. The van der Waals surface area contributed by atoms with Gasteiger partial charge in [-0.2, -0.15) is 0 Å². The Kier molecular flexibility index (Phi) is 3.08. The zero-order valence-corrected chi connectivity index (χ0v) is 12.1. The summed E-state index contributed by atoms with van der Waals surface area (Å²) < 4.78 is 10.6. The van der Waals surface area contributed by atoms with E-state index in [2.05, 4.69) is 0 Å². The quantitative estimate of drug-likeness (QED) is 0.546. The van der Waals surface area contributed by atoms with E-state index in [1.165, 1.54) is 0 Å². The zero-order chi connectivity index (χ0) is 15.8. The highest BCUT2D eigenvalue weighted by Gasteiger charge is 2.30. The molecular weight excluding hydrogens is 292 g/mol. The summed E-state index contributed by atoms with van der Waals surface area (Å²) in [5, 5.41) is 1.41. The lowest BCUT2D eigenvalue weighted by Gasteiger charge is -2.18. The Balaban J connectivity index is 1.81. The zero-order valence-electron chi connectivity index (χ0n) is 12.1. The van der Waals surface area contributed by atoms with Crippen LogP contribution in [0.25, 0.3) is 10.8 Å². The number of ether oxygens (including phenoxy) is 2. The minimum atomic E-state index is -0.664. The largest absolute Gasteiger partial charge is 0.488 e. The number of hydrogen-bond donors (Lipinski definition) is 0. The maximum Gasteiger partial charge on any atom is 0.350 e. The van der Waals surface area contributed by atoms with E-state index in [-0.39, 0.29) is 0 Å². The Morgan fingerprint density at radius 3 is 2.48 bits per heavy atom. The third-order valence-corrected chi connectivity index (χ3v) is 3.85. The summed E-state index contributed by atoms with van der Waals surface area (Å²) in [7, 11) is 0. The first-order chi connectivity index (χ1) is 11.2. The highest BCUT2D eigenvalue weighted by molar-refractivity contribution is 6.21. The number of carbonyl (C=O) groups excluding carboxylic acids is 2. The molecule has 4 rings (SSSR count). The Morgan fingerprint density at radius 1 is 0.826 bits per heavy atom. The van der Waals surface area contributed by atoms with Gasteiger partial charge in [-0.1, -0.05) is 48.5 Å². The highest BCUT2D eigenvalue weighted by Crippen LogP contribution is 2.35. The molecule has 0 aliphatic carbocycles. The second kappa shape index (κ2) is 5.25. The van der Waals surface area contributed by atoms with Crippen molar-refractivity contribution >= 4 is 22.7 Å². The van der Waals surface area contributed by atoms with Gasteiger partial charge in [0.25, 0.3) is 0 Å². The van der Waals surface area contributed by atoms with Gasteiger partial charge in [0.1, 0.15) is 17.9 Å². The van der Waals surface area contributed by atoms with Crippen molar-refractivity contribution in [2.45, 2.75) is 6.61 Å². The molecule has 112 valence electrons. The van der Waals surface area contributed by atoms with Crippen LogP contribution >= 0.6 is 0 Å². The molecule has 0 bridgehead atoms. The van der Waals surface area contributed by atoms with E-state index in [4.69, 9.17) is 9.47 Å². The molecule has 1 heterocycles. The minimum absolute atomic E-state index is 0.314. The molecular formula is C19H12O4. The summed E-state index contributed by atoms with van der Waals surface area (Å²) in [4.78, 5) is 24.1. The van der Waals surface area contributed by atoms with Crippen molar-refractivity contribution in [1.82, 2.24) is 0 Å². The van der Waals surface area contributed by atoms with E-state index in [0.717, 1.165) is 10.9 Å². The van der Waals surface area contributed by atoms with Crippen molar-refractivity contribution in [2.24, 2.45) is 0 Å². The number of rotatable bonds is 3. The third-order valence-electron chi connectivity index (χ3n) is 3.85. The predicted octanol–water partition coefficient (Wildman–Crippen LogP) is 3.73. The van der Waals surface area contributed by atoms with Crippen molar-refractivity contribution < 1.29 is 19.1 Å². The molecule has 0 atom stereocenters. The third kappa shape index (κ3) is 2.25. The predicted molar refractivity (Wildman–Crippen MR) is 84.5 cm³/mol. The molecule has 4 nitrogen and oxygen atoms in total. The molecule has 0 amide bonds. The van der Waals surface area contributed by atoms with Crippen LogP contribution in [0.15, 0.2) is 60.7 Å². The van der Waals surface area contributed by atoms with Gasteiger partial charge in [0, 0.05) is 5.39 Å². The van der Waals surface area contributed by atoms with Gasteiger partial charge < -0.3 is 9.47 Å². The molecule has 0 N–H and O–H groups in total. The van der Waals surface area contributed by atoms with Gasteiger partial charge >= 0.3 is 11.9 Å². The number of cyclic esters (lactones) is 2. The lowest BCUT2D eigenvalue weighted by Crippen LogP contribution is -2.20. The Labute approximate surface area is 132 Å². The number of hydrogen-bond acceptors (Lipinski definition) is 4. The molecule has 1 aliphatic rings. The summed E-state index contributed by atoms with van der Waals surface area (Å²) >= 11 is 0. The monoisotopic (exact) mass is 304 g/mol. The first kappa shape index (κ1) is 13.5. The number of esters is 2. The van der Waals surface area contributed by atoms with Crippen LogP contribution in [-0.2, 0) is 11.3 Å². The molecule has 3 aromatic rings. The van der Waals surface area contributed by atoms with E-state index in [0.29, 0.717) is 28.9 Å². The van der Waals surface area contributed by atoms with Crippen LogP contribution in [0.5, 0.6) is 5.75 Å². The van der Waals surface area contributed by atoms with E-state index < -0.39 is 11.9 Å². The molecule has 4 heteroatoms. The van der Waals surface area contributed by atoms with Crippen molar-refractivity contribution in [3.63, 3.8) is 0 Å². The second-order valence-corrected chi connectivity index (χ2v) is 5.29. The van der Waals surface area contributed by atoms with Crippen molar-refractivity contribution in [2.75, 3.05) is 0 Å². The molecule has 0 radical (unpaired) electrons. The molecule has 0 fully saturated rings. The fourth-order valence-electron chi connectivity index (χ4n) is 2.78. The van der Waals surface area contributed by atoms with Crippen LogP contribution in [-0.4, -0.2) is 11.9 Å². The van der Waals surface area contributed by atoms with Crippen molar-refractivity contribution in [1.29, 1.82) is 0 Å². The van der Waals surface area contributed by atoms with Crippen molar-refractivity contribution in [3.05, 3.63) is 77.4 Å². The van der Waals surface area contributed by atoms with Crippen molar-refractivity contribution in [3.8, 4) is 5.75 Å². The van der Waals surface area contributed by atoms with Gasteiger partial charge in [0.15, 0.2) is 0 Å². The SMILES string of the molecule is O=C1OC(=O)c2c(OCc3ccccc3)ccc3cccc1c23. The van der Waals surface area contributed by atoms with Gasteiger partial charge in [0.05, 0.1) is 5.56 Å². The maximum absolute atomic E-state index is 12.2. The molecule has 0 unspecified atom stereocenters. The van der Waals surface area contributed by atoms with Crippen LogP contribution in [0.1, 0.15) is 26.3 Å². The molecule has 0 aromatic heterocycles. The molecule has 23 heavy (non-hydrogen) atoms. The Hall–Kier alpha value is -3.14. The number of carbonyl (C=O) groups is 2. The molecule has 0 saturated carbocycles. The lowest BCUT2D eigenvalue weighted by molar-refractivity contribution is 0.0388. The van der Waals surface area contributed by atoms with Crippen LogP contribution in [0.2, 0.25) is 0 Å². The van der Waals surface area contributed by atoms with Gasteiger partial charge in [-0.25, -0.2) is 9.59 Å².